The number of hydrogen-bond acceptors (Lipinski definition) is 7. The lowest BCUT2D eigenvalue weighted by Gasteiger charge is -2.11. The van der Waals surface area contributed by atoms with Gasteiger partial charge >= 0.3 is 0 Å². The smallest absolute Gasteiger partial charge is 0.230 e. The number of hydrogen-bond donors (Lipinski definition) is 1. The molecule has 130 valence electrons. The first kappa shape index (κ1) is 17.2. The summed E-state index contributed by atoms with van der Waals surface area (Å²) in [6.07, 6.45) is 1.75. The number of fused-ring (bicyclic) bond motifs is 1. The van der Waals surface area contributed by atoms with Gasteiger partial charge in [0.25, 0.3) is 0 Å². The largest absolute Gasteiger partial charge is 0.496 e. The molecule has 0 saturated heterocycles. The fraction of sp³-hybridized carbons (Fsp3) is 0.158. The number of nitriles is 1. The summed E-state index contributed by atoms with van der Waals surface area (Å²) in [7, 11) is 5.23. The van der Waals surface area contributed by atoms with Gasteiger partial charge in [0.15, 0.2) is 5.82 Å². The van der Waals surface area contributed by atoms with Crippen LogP contribution in [-0.4, -0.2) is 36.2 Å². The Morgan fingerprint density at radius 1 is 1.12 bits per heavy atom. The zero-order chi connectivity index (χ0) is 18.7. The lowest BCUT2D eigenvalue weighted by atomic mass is 10.0. The van der Waals surface area contributed by atoms with E-state index in [4.69, 9.17) is 10.5 Å². The van der Waals surface area contributed by atoms with Crippen molar-refractivity contribution in [3.63, 3.8) is 0 Å². The molecule has 0 spiro atoms. The monoisotopic (exact) mass is 346 g/mol. The number of anilines is 2. The van der Waals surface area contributed by atoms with Crippen LogP contribution in [0.25, 0.3) is 22.4 Å². The topological polar surface area (TPSA) is 101 Å². The molecule has 3 rings (SSSR count). The number of methoxy groups -OCH3 is 1. The summed E-state index contributed by atoms with van der Waals surface area (Å²) >= 11 is 0. The van der Waals surface area contributed by atoms with Gasteiger partial charge in [-0.05, 0) is 23.1 Å². The molecule has 0 atom stereocenters. The summed E-state index contributed by atoms with van der Waals surface area (Å²) in [6.45, 7) is 0. The summed E-state index contributed by atoms with van der Waals surface area (Å²) in [5, 5.41) is 11.6. The lowest BCUT2D eigenvalue weighted by Crippen LogP contribution is -2.15. The van der Waals surface area contributed by atoms with E-state index in [0.29, 0.717) is 11.5 Å². The third-order valence-corrected chi connectivity index (χ3v) is 3.84. The van der Waals surface area contributed by atoms with Crippen molar-refractivity contribution in [1.29, 1.82) is 5.26 Å². The highest BCUT2D eigenvalue weighted by atomic mass is 16.5. The molecule has 2 N–H and O–H groups in total. The summed E-state index contributed by atoms with van der Waals surface area (Å²) in [4.78, 5) is 14.2. The molecule has 0 radical (unpaired) electrons. The van der Waals surface area contributed by atoms with Crippen molar-refractivity contribution in [3.05, 3.63) is 47.8 Å². The number of rotatable bonds is 4. The number of aromatic nitrogens is 3. The van der Waals surface area contributed by atoms with E-state index in [1.54, 1.807) is 32.2 Å². The number of nitrogen functional groups attached to an aromatic ring is 1. The summed E-state index contributed by atoms with van der Waals surface area (Å²) in [5.74, 6) is 1.48. The van der Waals surface area contributed by atoms with Gasteiger partial charge in [0.05, 0.1) is 12.7 Å². The van der Waals surface area contributed by atoms with Crippen molar-refractivity contribution in [2.75, 3.05) is 31.8 Å². The van der Waals surface area contributed by atoms with Gasteiger partial charge in [-0.1, -0.05) is 30.3 Å². The second-order valence-corrected chi connectivity index (χ2v) is 5.78. The molecule has 0 amide bonds. The average Bonchev–Trinajstić information content (AvgIpc) is 2.65. The van der Waals surface area contributed by atoms with Crippen molar-refractivity contribution in [2.45, 2.75) is 0 Å². The quantitative estimate of drug-likeness (QED) is 0.725. The second-order valence-electron chi connectivity index (χ2n) is 5.78. The highest BCUT2D eigenvalue weighted by molar-refractivity contribution is 5.99. The SMILES string of the molecule is COc1ccc(/C=C(/C#N)c2nc(N)nc(N(C)C)n2)c2ccccc12. The minimum Gasteiger partial charge on any atom is -0.496 e. The van der Waals surface area contributed by atoms with E-state index < -0.39 is 0 Å². The molecule has 0 aliphatic heterocycles. The molecule has 7 heteroatoms. The van der Waals surface area contributed by atoms with Gasteiger partial charge < -0.3 is 15.4 Å². The highest BCUT2D eigenvalue weighted by Crippen LogP contribution is 2.30. The van der Waals surface area contributed by atoms with Crippen LogP contribution in [0.2, 0.25) is 0 Å². The van der Waals surface area contributed by atoms with Crippen LogP contribution in [0.3, 0.4) is 0 Å². The number of nitrogens with two attached hydrogens (primary N) is 1. The van der Waals surface area contributed by atoms with E-state index in [2.05, 4.69) is 21.0 Å². The van der Waals surface area contributed by atoms with Crippen LogP contribution in [0.4, 0.5) is 11.9 Å². The van der Waals surface area contributed by atoms with Crippen molar-refractivity contribution < 1.29 is 4.74 Å². The van der Waals surface area contributed by atoms with Gasteiger partial charge in [0.1, 0.15) is 11.8 Å². The molecule has 0 unspecified atom stereocenters. The first-order valence-electron chi connectivity index (χ1n) is 7.90. The van der Waals surface area contributed by atoms with Gasteiger partial charge in [0.2, 0.25) is 11.9 Å². The normalized spacial score (nSPS) is 11.2. The maximum Gasteiger partial charge on any atom is 0.230 e. The van der Waals surface area contributed by atoms with Gasteiger partial charge in [-0.15, -0.1) is 0 Å². The Labute approximate surface area is 151 Å². The minimum absolute atomic E-state index is 0.0689. The lowest BCUT2D eigenvalue weighted by molar-refractivity contribution is 0.420. The maximum atomic E-state index is 9.64. The molecule has 3 aromatic rings. The summed E-state index contributed by atoms with van der Waals surface area (Å²) in [5.41, 5.74) is 6.94. The molecule has 1 heterocycles. The Balaban J connectivity index is 2.18. The maximum absolute atomic E-state index is 9.64. The van der Waals surface area contributed by atoms with Crippen LogP contribution >= 0.6 is 0 Å². The standard InChI is InChI=1S/C19H18N6O/c1-25(2)19-23-17(22-18(21)24-19)13(11-20)10-12-8-9-16(26-3)15-7-5-4-6-14(12)15/h4-10H,1-3H3,(H2,21,22,23,24)/b13-10-. The Morgan fingerprint density at radius 3 is 2.50 bits per heavy atom. The zero-order valence-electron chi connectivity index (χ0n) is 14.8. The van der Waals surface area contributed by atoms with Crippen molar-refractivity contribution in [2.24, 2.45) is 0 Å². The third kappa shape index (κ3) is 3.26. The first-order chi connectivity index (χ1) is 12.5. The summed E-state index contributed by atoms with van der Waals surface area (Å²) < 4.78 is 5.42. The van der Waals surface area contributed by atoms with Gasteiger partial charge in [-0.25, -0.2) is 0 Å². The van der Waals surface area contributed by atoms with E-state index in [9.17, 15) is 5.26 Å². The van der Waals surface area contributed by atoms with Crippen LogP contribution in [-0.2, 0) is 0 Å². The number of allylic oxidation sites excluding steroid dienone is 1. The number of benzene rings is 2. The molecule has 2 aromatic carbocycles. The predicted octanol–water partition coefficient (Wildman–Crippen LogP) is 2.75. The molecule has 1 aromatic heterocycles. The zero-order valence-corrected chi connectivity index (χ0v) is 14.8. The van der Waals surface area contributed by atoms with Crippen molar-refractivity contribution in [1.82, 2.24) is 15.0 Å². The molecular formula is C19H18N6O. The molecule has 0 aliphatic carbocycles. The fourth-order valence-electron chi connectivity index (χ4n) is 2.60. The molecule has 0 bridgehead atoms. The Kier molecular flexibility index (Phi) is 4.67. The molecular weight excluding hydrogens is 328 g/mol. The first-order valence-corrected chi connectivity index (χ1v) is 7.90. The van der Waals surface area contributed by atoms with E-state index >= 15 is 0 Å². The average molecular weight is 346 g/mol. The van der Waals surface area contributed by atoms with Crippen LogP contribution in [0, 0.1) is 11.3 Å². The molecule has 7 nitrogen and oxygen atoms in total. The van der Waals surface area contributed by atoms with Crippen LogP contribution in [0.1, 0.15) is 11.4 Å². The van der Waals surface area contributed by atoms with Crippen LogP contribution in [0.15, 0.2) is 36.4 Å². The number of ether oxygens (including phenoxy) is 1. The van der Waals surface area contributed by atoms with E-state index in [1.807, 2.05) is 36.4 Å². The highest BCUT2D eigenvalue weighted by Gasteiger charge is 2.12. The van der Waals surface area contributed by atoms with Crippen molar-refractivity contribution >= 4 is 34.3 Å². The summed E-state index contributed by atoms with van der Waals surface area (Å²) in [6, 6.07) is 13.8. The van der Waals surface area contributed by atoms with Gasteiger partial charge in [-0.3, -0.25) is 0 Å². The molecule has 0 aliphatic rings. The van der Waals surface area contributed by atoms with Crippen LogP contribution in [0.5, 0.6) is 5.75 Å². The van der Waals surface area contributed by atoms with E-state index in [0.717, 1.165) is 22.1 Å². The molecule has 0 saturated carbocycles. The molecule has 0 fully saturated rings. The minimum atomic E-state index is 0.0689. The Hall–Kier alpha value is -3.66. The predicted molar refractivity (Wildman–Crippen MR) is 103 cm³/mol. The Bertz CT molecular complexity index is 1040. The fourth-order valence-corrected chi connectivity index (χ4v) is 2.60. The molecule has 26 heavy (non-hydrogen) atoms. The van der Waals surface area contributed by atoms with Gasteiger partial charge in [0, 0.05) is 19.5 Å². The third-order valence-electron chi connectivity index (χ3n) is 3.84. The van der Waals surface area contributed by atoms with Crippen molar-refractivity contribution in [3.8, 4) is 11.8 Å². The van der Waals surface area contributed by atoms with Gasteiger partial charge in [-0.2, -0.15) is 20.2 Å². The van der Waals surface area contributed by atoms with E-state index in [1.165, 1.54) is 0 Å². The second kappa shape index (κ2) is 7.07. The van der Waals surface area contributed by atoms with Crippen LogP contribution < -0.4 is 15.4 Å². The number of nitrogens with zero attached hydrogens (tertiary/aromatic N) is 5. The van der Waals surface area contributed by atoms with E-state index in [-0.39, 0.29) is 11.8 Å². The Morgan fingerprint density at radius 2 is 1.85 bits per heavy atom.